The third-order valence-electron chi connectivity index (χ3n) is 2.28. The number of nitrogens with zero attached hydrogens (tertiary/aromatic N) is 1. The van der Waals surface area contributed by atoms with Crippen molar-refractivity contribution in [2.24, 2.45) is 0 Å². The van der Waals surface area contributed by atoms with Gasteiger partial charge in [-0.05, 0) is 23.3 Å². The fourth-order valence-electron chi connectivity index (χ4n) is 1.47. The van der Waals surface area contributed by atoms with Gasteiger partial charge in [-0.3, -0.25) is 4.98 Å². The molecule has 2 aromatic rings. The molecule has 0 bridgehead atoms. The van der Waals surface area contributed by atoms with Crippen LogP contribution >= 0.6 is 0 Å². The molecule has 0 N–H and O–H groups in total. The minimum absolute atomic E-state index is 0. The molecule has 0 fully saturated rings. The number of aromatic nitrogens is 1. The Morgan fingerprint density at radius 2 is 1.53 bits per heavy atom. The van der Waals surface area contributed by atoms with E-state index in [2.05, 4.69) is 4.98 Å². The summed E-state index contributed by atoms with van der Waals surface area (Å²) in [5.41, 5.74) is 0.713. The maximum absolute atomic E-state index is 12.5. The molecule has 0 radical (unpaired) electrons. The Morgan fingerprint density at radius 1 is 0.882 bits per heavy atom. The van der Waals surface area contributed by atoms with Gasteiger partial charge in [0.2, 0.25) is 0 Å². The zero-order chi connectivity index (χ0) is 11.6. The van der Waals surface area contributed by atoms with Gasteiger partial charge >= 0.3 is 58.4 Å². The van der Waals surface area contributed by atoms with Crippen LogP contribution in [0.15, 0.2) is 48.8 Å². The third-order valence-corrected chi connectivity index (χ3v) is 2.28. The van der Waals surface area contributed by atoms with Crippen LogP contribution in [0.3, 0.4) is 0 Å². The number of pyridine rings is 1. The van der Waals surface area contributed by atoms with E-state index in [9.17, 15) is 12.9 Å². The molecule has 0 unspecified atom stereocenters. The first kappa shape index (κ1) is 14.9. The molecule has 17 heavy (non-hydrogen) atoms. The Kier molecular flexibility index (Phi) is 5.40. The predicted molar refractivity (Wildman–Crippen MR) is 58.4 cm³/mol. The SMILES string of the molecule is F[B-](F)(F)c1cccc(-c2ccncc2)c1.[K+]. The van der Waals surface area contributed by atoms with Gasteiger partial charge in [-0.2, -0.15) is 0 Å². The van der Waals surface area contributed by atoms with Crippen LogP contribution in [0.2, 0.25) is 0 Å². The molecule has 6 heteroatoms. The number of halogens is 3. The first-order valence-electron chi connectivity index (χ1n) is 4.78. The summed E-state index contributed by atoms with van der Waals surface area (Å²) in [6, 6.07) is 8.69. The van der Waals surface area contributed by atoms with Gasteiger partial charge in [0, 0.05) is 12.4 Å². The number of hydrogen-bond donors (Lipinski definition) is 0. The Morgan fingerprint density at radius 3 is 2.12 bits per heavy atom. The van der Waals surface area contributed by atoms with Crippen molar-refractivity contribution in [3.8, 4) is 11.1 Å². The predicted octanol–water partition coefficient (Wildman–Crippen LogP) is -0.193. The van der Waals surface area contributed by atoms with E-state index in [-0.39, 0.29) is 51.4 Å². The van der Waals surface area contributed by atoms with E-state index in [1.165, 1.54) is 6.07 Å². The van der Waals surface area contributed by atoms with E-state index in [4.69, 9.17) is 0 Å². The number of benzene rings is 1. The molecule has 1 aromatic carbocycles. The summed E-state index contributed by atoms with van der Waals surface area (Å²) in [5, 5.41) is 0. The van der Waals surface area contributed by atoms with Crippen LogP contribution in [0, 0.1) is 0 Å². The molecule has 0 saturated heterocycles. The van der Waals surface area contributed by atoms with Gasteiger partial charge in [-0.1, -0.05) is 24.3 Å². The summed E-state index contributed by atoms with van der Waals surface area (Å²) in [5.74, 6) is 0. The maximum Gasteiger partial charge on any atom is 1.00 e. The second-order valence-corrected chi connectivity index (χ2v) is 3.44. The second kappa shape index (κ2) is 6.15. The van der Waals surface area contributed by atoms with Crippen molar-refractivity contribution in [2.45, 2.75) is 0 Å². The molecule has 0 saturated carbocycles. The van der Waals surface area contributed by atoms with Crippen molar-refractivity contribution in [1.29, 1.82) is 0 Å². The first-order chi connectivity index (χ1) is 7.57. The number of rotatable bonds is 2. The Labute approximate surface area is 140 Å². The molecule has 1 aromatic heterocycles. The zero-order valence-corrected chi connectivity index (χ0v) is 12.4. The van der Waals surface area contributed by atoms with Crippen LogP contribution in [0.25, 0.3) is 11.1 Å². The summed E-state index contributed by atoms with van der Waals surface area (Å²) in [4.78, 5) is 3.82. The van der Waals surface area contributed by atoms with Crippen molar-refractivity contribution >= 4 is 12.4 Å². The van der Waals surface area contributed by atoms with Crippen LogP contribution in [0.5, 0.6) is 0 Å². The van der Waals surface area contributed by atoms with E-state index in [1.807, 2.05) is 0 Å². The quantitative estimate of drug-likeness (QED) is 0.683. The van der Waals surface area contributed by atoms with Crippen molar-refractivity contribution in [1.82, 2.24) is 4.98 Å². The van der Waals surface area contributed by atoms with Gasteiger partial charge in [0.15, 0.2) is 0 Å². The Hall–Kier alpha value is -0.139. The van der Waals surface area contributed by atoms with Gasteiger partial charge in [-0.25, -0.2) is 0 Å². The molecule has 1 heterocycles. The molecule has 82 valence electrons. The van der Waals surface area contributed by atoms with Gasteiger partial charge in [-0.15, -0.1) is 5.46 Å². The van der Waals surface area contributed by atoms with Crippen LogP contribution in [-0.2, 0) is 0 Å². The molecular weight excluding hydrogens is 253 g/mol. The van der Waals surface area contributed by atoms with Crippen LogP contribution in [0.4, 0.5) is 12.9 Å². The zero-order valence-electron chi connectivity index (χ0n) is 9.28. The summed E-state index contributed by atoms with van der Waals surface area (Å²) in [7, 11) is 0. The topological polar surface area (TPSA) is 12.9 Å². The van der Waals surface area contributed by atoms with Crippen LogP contribution in [-0.4, -0.2) is 12.0 Å². The van der Waals surface area contributed by atoms with Gasteiger partial charge in [0.1, 0.15) is 0 Å². The molecular formula is C11H8BF3KN. The minimum Gasteiger partial charge on any atom is -0.445 e. The summed E-state index contributed by atoms with van der Waals surface area (Å²) >= 11 is 0. The van der Waals surface area contributed by atoms with Crippen molar-refractivity contribution in [2.75, 3.05) is 0 Å². The number of hydrogen-bond acceptors (Lipinski definition) is 1. The van der Waals surface area contributed by atoms with Crippen LogP contribution < -0.4 is 56.8 Å². The third kappa shape index (κ3) is 3.93. The largest absolute Gasteiger partial charge is 1.00 e. The fraction of sp³-hybridized carbons (Fsp3) is 0. The fourth-order valence-corrected chi connectivity index (χ4v) is 1.47. The van der Waals surface area contributed by atoms with Crippen LogP contribution in [0.1, 0.15) is 0 Å². The first-order valence-corrected chi connectivity index (χ1v) is 4.78. The van der Waals surface area contributed by atoms with E-state index >= 15 is 0 Å². The maximum atomic E-state index is 12.5. The summed E-state index contributed by atoms with van der Waals surface area (Å²) in [6.07, 6.45) is 3.11. The Bertz CT molecular complexity index is 488. The monoisotopic (exact) mass is 261 g/mol. The normalized spacial score (nSPS) is 10.8. The second-order valence-electron chi connectivity index (χ2n) is 3.44. The van der Waals surface area contributed by atoms with E-state index < -0.39 is 12.4 Å². The summed E-state index contributed by atoms with van der Waals surface area (Å²) in [6.45, 7) is -4.94. The van der Waals surface area contributed by atoms with Gasteiger partial charge in [0.25, 0.3) is 0 Å². The van der Waals surface area contributed by atoms with Crippen molar-refractivity contribution in [3.05, 3.63) is 48.8 Å². The summed E-state index contributed by atoms with van der Waals surface area (Å²) < 4.78 is 37.6. The average molecular weight is 261 g/mol. The average Bonchev–Trinajstić information content (AvgIpc) is 2.29. The van der Waals surface area contributed by atoms with Gasteiger partial charge in [0.05, 0.1) is 0 Å². The molecule has 0 spiro atoms. The smallest absolute Gasteiger partial charge is 0.445 e. The molecule has 0 amide bonds. The molecule has 2 rings (SSSR count). The van der Waals surface area contributed by atoms with Crippen molar-refractivity contribution < 1.29 is 64.3 Å². The standard InChI is InChI=1S/C11H8BF3N.K/c13-12(14,15)11-3-1-2-10(8-11)9-4-6-16-7-5-9;/h1-8H;/q-1;+1. The molecule has 0 aliphatic rings. The van der Waals surface area contributed by atoms with E-state index in [1.54, 1.807) is 30.6 Å². The van der Waals surface area contributed by atoms with Gasteiger partial charge < -0.3 is 12.9 Å². The van der Waals surface area contributed by atoms with E-state index in [0.29, 0.717) is 5.56 Å². The van der Waals surface area contributed by atoms with E-state index in [0.717, 1.165) is 17.7 Å². The van der Waals surface area contributed by atoms with Crippen molar-refractivity contribution in [3.63, 3.8) is 0 Å². The molecule has 0 atom stereocenters. The minimum atomic E-state index is -4.94. The molecule has 0 aliphatic heterocycles. The molecule has 1 nitrogen and oxygen atoms in total. The molecule has 0 aliphatic carbocycles. The Balaban J connectivity index is 0.00000144.